The maximum atomic E-state index is 12.2. The molecule has 0 saturated heterocycles. The Bertz CT molecular complexity index is 774. The molecule has 2 aromatic rings. The first-order valence-electron chi connectivity index (χ1n) is 7.73. The fourth-order valence-corrected chi connectivity index (χ4v) is 3.98. The number of benzene rings is 1. The van der Waals surface area contributed by atoms with Gasteiger partial charge >= 0.3 is 0 Å². The summed E-state index contributed by atoms with van der Waals surface area (Å²) in [6, 6.07) is 6.03. The van der Waals surface area contributed by atoms with E-state index in [0.717, 1.165) is 12.8 Å². The van der Waals surface area contributed by atoms with E-state index in [0.29, 0.717) is 17.1 Å². The minimum absolute atomic E-state index is 0.0380. The first-order chi connectivity index (χ1) is 11.2. The number of rotatable bonds is 7. The van der Waals surface area contributed by atoms with E-state index < -0.39 is 10.0 Å². The summed E-state index contributed by atoms with van der Waals surface area (Å²) in [5.41, 5.74) is 0.747. The number of Topliss-reactive ketones (excluding diaryl/α,β-unsaturated/α-hetero) is 1. The van der Waals surface area contributed by atoms with Gasteiger partial charge in [0, 0.05) is 23.6 Å². The SMILES string of the molecule is CC(C)(C)CCCC(=O)c1ccc(S(=O)(=O)Nc2nccs2)cc1. The number of thiazole rings is 1. The van der Waals surface area contributed by atoms with Crippen LogP contribution in [0, 0.1) is 5.41 Å². The Kier molecular flexibility index (Phi) is 5.77. The van der Waals surface area contributed by atoms with Crippen molar-refractivity contribution >= 4 is 32.3 Å². The molecular weight excluding hydrogens is 344 g/mol. The third kappa shape index (κ3) is 5.42. The molecule has 1 N–H and O–H groups in total. The maximum absolute atomic E-state index is 12.2. The monoisotopic (exact) mass is 366 g/mol. The van der Waals surface area contributed by atoms with Gasteiger partial charge in [0.1, 0.15) is 0 Å². The lowest BCUT2D eigenvalue weighted by Crippen LogP contribution is -2.13. The number of carbonyl (C=O) groups excluding carboxylic acids is 1. The summed E-state index contributed by atoms with van der Waals surface area (Å²) in [6.45, 7) is 6.44. The fourth-order valence-electron chi connectivity index (χ4n) is 2.19. The van der Waals surface area contributed by atoms with Crippen LogP contribution in [0.2, 0.25) is 0 Å². The Hall–Kier alpha value is -1.73. The minimum Gasteiger partial charge on any atom is -0.294 e. The van der Waals surface area contributed by atoms with Crippen LogP contribution in [0.3, 0.4) is 0 Å². The number of anilines is 1. The van der Waals surface area contributed by atoms with Crippen molar-refractivity contribution in [2.45, 2.75) is 44.9 Å². The lowest BCUT2D eigenvalue weighted by Gasteiger charge is -2.17. The molecule has 0 bridgehead atoms. The van der Waals surface area contributed by atoms with E-state index in [1.807, 2.05) is 0 Å². The number of aromatic nitrogens is 1. The Morgan fingerprint density at radius 2 is 1.88 bits per heavy atom. The smallest absolute Gasteiger partial charge is 0.263 e. The molecular formula is C17H22N2O3S2. The number of ketones is 1. The number of hydrogen-bond acceptors (Lipinski definition) is 5. The van der Waals surface area contributed by atoms with Crippen LogP contribution in [0.1, 0.15) is 50.4 Å². The Labute approximate surface area is 147 Å². The van der Waals surface area contributed by atoms with Crippen LogP contribution in [-0.4, -0.2) is 19.2 Å². The van der Waals surface area contributed by atoms with Gasteiger partial charge in [0.25, 0.3) is 10.0 Å². The average Bonchev–Trinajstić information content (AvgIpc) is 2.98. The first kappa shape index (κ1) is 18.6. The van der Waals surface area contributed by atoms with E-state index in [2.05, 4.69) is 30.5 Å². The van der Waals surface area contributed by atoms with Crippen molar-refractivity contribution in [1.29, 1.82) is 0 Å². The molecule has 2 rings (SSSR count). The second kappa shape index (κ2) is 7.44. The van der Waals surface area contributed by atoms with E-state index in [1.54, 1.807) is 17.5 Å². The second-order valence-electron chi connectivity index (χ2n) is 6.80. The van der Waals surface area contributed by atoms with Crippen LogP contribution >= 0.6 is 11.3 Å². The van der Waals surface area contributed by atoms with E-state index in [1.165, 1.54) is 29.7 Å². The van der Waals surface area contributed by atoms with Crippen LogP contribution < -0.4 is 4.72 Å². The number of hydrogen-bond donors (Lipinski definition) is 1. The molecule has 7 heteroatoms. The molecule has 130 valence electrons. The summed E-state index contributed by atoms with van der Waals surface area (Å²) in [5.74, 6) is 0.0380. The van der Waals surface area contributed by atoms with Crippen LogP contribution in [0.15, 0.2) is 40.7 Å². The van der Waals surface area contributed by atoms with Crippen LogP contribution in [0.4, 0.5) is 5.13 Å². The Morgan fingerprint density at radius 1 is 1.21 bits per heavy atom. The summed E-state index contributed by atoms with van der Waals surface area (Å²) < 4.78 is 26.9. The predicted molar refractivity (Wildman–Crippen MR) is 97.0 cm³/mol. The van der Waals surface area contributed by atoms with Crippen molar-refractivity contribution in [2.75, 3.05) is 4.72 Å². The molecule has 0 unspecified atom stereocenters. The van der Waals surface area contributed by atoms with E-state index in [-0.39, 0.29) is 16.1 Å². The molecule has 1 aromatic heterocycles. The highest BCUT2D eigenvalue weighted by Crippen LogP contribution is 2.23. The molecule has 0 aliphatic heterocycles. The zero-order chi connectivity index (χ0) is 17.8. The zero-order valence-electron chi connectivity index (χ0n) is 14.1. The van der Waals surface area contributed by atoms with Crippen LogP contribution in [-0.2, 0) is 10.0 Å². The molecule has 0 radical (unpaired) electrons. The van der Waals surface area contributed by atoms with Crippen molar-refractivity contribution in [1.82, 2.24) is 4.98 Å². The van der Waals surface area contributed by atoms with Gasteiger partial charge in [-0.3, -0.25) is 9.52 Å². The third-order valence-corrected chi connectivity index (χ3v) is 5.64. The van der Waals surface area contributed by atoms with Gasteiger partial charge in [0.15, 0.2) is 10.9 Å². The molecule has 0 fully saturated rings. The van der Waals surface area contributed by atoms with Crippen LogP contribution in [0.25, 0.3) is 0 Å². The van der Waals surface area contributed by atoms with E-state index in [9.17, 15) is 13.2 Å². The molecule has 0 aliphatic carbocycles. The van der Waals surface area contributed by atoms with Gasteiger partial charge in [-0.1, -0.05) is 32.9 Å². The highest BCUT2D eigenvalue weighted by atomic mass is 32.2. The zero-order valence-corrected chi connectivity index (χ0v) is 15.7. The third-order valence-electron chi connectivity index (χ3n) is 3.47. The standard InChI is InChI=1S/C17H22N2O3S2/c1-17(2,3)10-4-5-15(20)13-6-8-14(9-7-13)24(21,22)19-16-18-11-12-23-16/h6-9,11-12H,4-5,10H2,1-3H3,(H,18,19). The van der Waals surface area contributed by atoms with Crippen molar-refractivity contribution in [3.8, 4) is 0 Å². The summed E-state index contributed by atoms with van der Waals surface area (Å²) in [7, 11) is -3.68. The molecule has 1 heterocycles. The largest absolute Gasteiger partial charge is 0.294 e. The maximum Gasteiger partial charge on any atom is 0.263 e. The Balaban J connectivity index is 2.00. The number of sulfonamides is 1. The summed E-state index contributed by atoms with van der Waals surface area (Å²) in [6.07, 6.45) is 3.81. The van der Waals surface area contributed by atoms with Gasteiger partial charge in [-0.05, 0) is 30.4 Å². The van der Waals surface area contributed by atoms with Gasteiger partial charge in [0.2, 0.25) is 0 Å². The molecule has 0 saturated carbocycles. The lowest BCUT2D eigenvalue weighted by atomic mass is 9.89. The van der Waals surface area contributed by atoms with Gasteiger partial charge in [-0.15, -0.1) is 11.3 Å². The van der Waals surface area contributed by atoms with Gasteiger partial charge in [-0.2, -0.15) is 0 Å². The minimum atomic E-state index is -3.68. The number of nitrogens with one attached hydrogen (secondary N) is 1. The molecule has 0 atom stereocenters. The molecule has 1 aromatic carbocycles. The second-order valence-corrected chi connectivity index (χ2v) is 9.38. The highest BCUT2D eigenvalue weighted by Gasteiger charge is 2.17. The summed E-state index contributed by atoms with van der Waals surface area (Å²) >= 11 is 1.21. The van der Waals surface area contributed by atoms with Gasteiger partial charge in [0.05, 0.1) is 4.90 Å². The predicted octanol–water partition coefficient (Wildman–Crippen LogP) is 4.34. The lowest BCUT2D eigenvalue weighted by molar-refractivity contribution is 0.0976. The average molecular weight is 367 g/mol. The Morgan fingerprint density at radius 3 is 2.42 bits per heavy atom. The van der Waals surface area contributed by atoms with Gasteiger partial charge in [-0.25, -0.2) is 13.4 Å². The van der Waals surface area contributed by atoms with Crippen molar-refractivity contribution in [3.63, 3.8) is 0 Å². The quantitative estimate of drug-likeness (QED) is 0.739. The summed E-state index contributed by atoms with van der Waals surface area (Å²) in [4.78, 5) is 16.2. The van der Waals surface area contributed by atoms with Crippen molar-refractivity contribution in [2.24, 2.45) is 5.41 Å². The molecule has 0 spiro atoms. The van der Waals surface area contributed by atoms with Crippen LogP contribution in [0.5, 0.6) is 0 Å². The summed E-state index contributed by atoms with van der Waals surface area (Å²) in [5, 5.41) is 2.01. The molecule has 24 heavy (non-hydrogen) atoms. The van der Waals surface area contributed by atoms with E-state index >= 15 is 0 Å². The highest BCUT2D eigenvalue weighted by molar-refractivity contribution is 7.93. The topological polar surface area (TPSA) is 76.1 Å². The number of nitrogens with zero attached hydrogens (tertiary/aromatic N) is 1. The van der Waals surface area contributed by atoms with Crippen molar-refractivity contribution in [3.05, 3.63) is 41.4 Å². The fraction of sp³-hybridized carbons (Fsp3) is 0.412. The molecule has 0 aliphatic rings. The normalized spacial score (nSPS) is 12.1. The van der Waals surface area contributed by atoms with Crippen molar-refractivity contribution < 1.29 is 13.2 Å². The van der Waals surface area contributed by atoms with E-state index in [4.69, 9.17) is 0 Å². The number of carbonyl (C=O) groups is 1. The molecule has 0 amide bonds. The first-order valence-corrected chi connectivity index (χ1v) is 10.1. The molecule has 5 nitrogen and oxygen atoms in total. The van der Waals surface area contributed by atoms with Gasteiger partial charge < -0.3 is 0 Å².